The second-order valence-electron chi connectivity index (χ2n) is 5.06. The molecule has 0 aliphatic heterocycles. The minimum absolute atomic E-state index is 0.0743. The van der Waals surface area contributed by atoms with Crippen LogP contribution in [0.25, 0.3) is 0 Å². The van der Waals surface area contributed by atoms with E-state index in [9.17, 15) is 0 Å². The van der Waals surface area contributed by atoms with Crippen molar-refractivity contribution in [3.63, 3.8) is 0 Å². The molecule has 1 unspecified atom stereocenters. The first-order valence-corrected chi connectivity index (χ1v) is 7.82. The molecule has 114 valence electrons. The number of benzene rings is 1. The number of hydrogen-bond acceptors (Lipinski definition) is 6. The molecule has 7 heteroatoms. The van der Waals surface area contributed by atoms with Gasteiger partial charge in [0.2, 0.25) is 0 Å². The number of nitrogens with zero attached hydrogens (tertiary/aromatic N) is 2. The van der Waals surface area contributed by atoms with Crippen LogP contribution in [0.15, 0.2) is 18.2 Å². The predicted molar refractivity (Wildman–Crippen MR) is 85.8 cm³/mol. The van der Waals surface area contributed by atoms with Crippen LogP contribution in [0.1, 0.15) is 41.9 Å². The largest absolute Gasteiger partial charge is 0.496 e. The van der Waals surface area contributed by atoms with Gasteiger partial charge >= 0.3 is 0 Å². The predicted octanol–water partition coefficient (Wildman–Crippen LogP) is 3.07. The fourth-order valence-electron chi connectivity index (χ4n) is 2.20. The Morgan fingerprint density at radius 3 is 2.81 bits per heavy atom. The van der Waals surface area contributed by atoms with Crippen molar-refractivity contribution in [2.75, 3.05) is 7.11 Å². The number of hydrazine groups is 1. The van der Waals surface area contributed by atoms with E-state index in [0.717, 1.165) is 21.9 Å². The molecule has 1 heterocycles. The topological polar surface area (TPSA) is 73.1 Å². The van der Waals surface area contributed by atoms with Gasteiger partial charge in [-0.15, -0.1) is 5.10 Å². The third kappa shape index (κ3) is 3.71. The fraction of sp³-hybridized carbons (Fsp3) is 0.429. The highest BCUT2D eigenvalue weighted by Crippen LogP contribution is 2.31. The molecule has 1 aromatic heterocycles. The van der Waals surface area contributed by atoms with Crippen LogP contribution in [0.3, 0.4) is 0 Å². The molecule has 0 amide bonds. The Hall–Kier alpha value is -1.21. The lowest BCUT2D eigenvalue weighted by Gasteiger charge is -2.18. The molecule has 0 bridgehead atoms. The van der Waals surface area contributed by atoms with E-state index in [0.29, 0.717) is 17.4 Å². The number of nitrogens with one attached hydrogen (secondary N) is 1. The van der Waals surface area contributed by atoms with Crippen LogP contribution in [-0.2, 0) is 6.42 Å². The highest BCUT2D eigenvalue weighted by atomic mass is 35.5. The summed E-state index contributed by atoms with van der Waals surface area (Å²) < 4.78 is 9.44. The quantitative estimate of drug-likeness (QED) is 0.630. The van der Waals surface area contributed by atoms with Crippen LogP contribution in [0.2, 0.25) is 5.02 Å². The lowest BCUT2D eigenvalue weighted by atomic mass is 10.00. The SMILES string of the molecule is COc1ccc(Cl)cc1CC(NN)c1snnc1C(C)C. The summed E-state index contributed by atoms with van der Waals surface area (Å²) >= 11 is 7.45. The van der Waals surface area contributed by atoms with Gasteiger partial charge < -0.3 is 4.74 Å². The monoisotopic (exact) mass is 326 g/mol. The maximum Gasteiger partial charge on any atom is 0.122 e. The van der Waals surface area contributed by atoms with Crippen LogP contribution < -0.4 is 16.0 Å². The first-order chi connectivity index (χ1) is 10.1. The average molecular weight is 327 g/mol. The molecule has 5 nitrogen and oxygen atoms in total. The smallest absolute Gasteiger partial charge is 0.122 e. The van der Waals surface area contributed by atoms with Crippen molar-refractivity contribution >= 4 is 23.1 Å². The van der Waals surface area contributed by atoms with Gasteiger partial charge in [0.05, 0.1) is 23.7 Å². The van der Waals surface area contributed by atoms with Crippen molar-refractivity contribution in [2.24, 2.45) is 5.84 Å². The molecule has 21 heavy (non-hydrogen) atoms. The van der Waals surface area contributed by atoms with E-state index in [1.54, 1.807) is 7.11 Å². The van der Waals surface area contributed by atoms with Crippen molar-refractivity contribution in [3.05, 3.63) is 39.4 Å². The normalized spacial score (nSPS) is 12.7. The van der Waals surface area contributed by atoms with E-state index in [4.69, 9.17) is 22.2 Å². The van der Waals surface area contributed by atoms with Gasteiger partial charge in [0, 0.05) is 5.02 Å². The fourth-order valence-corrected chi connectivity index (χ4v) is 3.26. The summed E-state index contributed by atoms with van der Waals surface area (Å²) in [7, 11) is 1.64. The number of hydrogen-bond donors (Lipinski definition) is 2. The van der Waals surface area contributed by atoms with E-state index >= 15 is 0 Å². The average Bonchev–Trinajstić information content (AvgIpc) is 2.94. The summed E-state index contributed by atoms with van der Waals surface area (Å²) in [6.07, 6.45) is 0.657. The first kappa shape index (κ1) is 16.2. The van der Waals surface area contributed by atoms with Crippen LogP contribution >= 0.6 is 23.1 Å². The molecule has 3 N–H and O–H groups in total. The zero-order valence-electron chi connectivity index (χ0n) is 12.3. The van der Waals surface area contributed by atoms with Gasteiger partial charge in [-0.3, -0.25) is 11.3 Å². The first-order valence-electron chi connectivity index (χ1n) is 6.67. The van der Waals surface area contributed by atoms with Gasteiger partial charge in [-0.25, -0.2) is 0 Å². The lowest BCUT2D eigenvalue weighted by molar-refractivity contribution is 0.405. The summed E-state index contributed by atoms with van der Waals surface area (Å²) in [6.45, 7) is 4.18. The maximum atomic E-state index is 6.08. The second kappa shape index (κ2) is 7.17. The Morgan fingerprint density at radius 2 is 2.19 bits per heavy atom. The van der Waals surface area contributed by atoms with Crippen molar-refractivity contribution in [1.82, 2.24) is 15.0 Å². The van der Waals surface area contributed by atoms with Crippen molar-refractivity contribution < 1.29 is 4.74 Å². The summed E-state index contributed by atoms with van der Waals surface area (Å²) in [5, 5.41) is 4.88. The second-order valence-corrected chi connectivity index (χ2v) is 6.28. The molecule has 0 spiro atoms. The number of ether oxygens (including phenoxy) is 1. The zero-order chi connectivity index (χ0) is 15.4. The van der Waals surface area contributed by atoms with E-state index < -0.39 is 0 Å². The number of halogens is 1. The van der Waals surface area contributed by atoms with E-state index in [1.807, 2.05) is 18.2 Å². The molecule has 0 saturated heterocycles. The molecule has 0 fully saturated rings. The Balaban J connectivity index is 2.31. The Morgan fingerprint density at radius 1 is 1.43 bits per heavy atom. The number of nitrogens with two attached hydrogens (primary N) is 1. The molecular weight excluding hydrogens is 308 g/mol. The molecule has 2 aromatic rings. The van der Waals surface area contributed by atoms with E-state index in [1.165, 1.54) is 11.5 Å². The third-order valence-electron chi connectivity index (χ3n) is 3.27. The van der Waals surface area contributed by atoms with Crippen LogP contribution in [0.5, 0.6) is 5.75 Å². The summed E-state index contributed by atoms with van der Waals surface area (Å²) in [5.41, 5.74) is 4.82. The number of methoxy groups -OCH3 is 1. The van der Waals surface area contributed by atoms with E-state index in [2.05, 4.69) is 28.9 Å². The van der Waals surface area contributed by atoms with Crippen LogP contribution in [0, 0.1) is 0 Å². The molecule has 1 aromatic carbocycles. The summed E-state index contributed by atoms with van der Waals surface area (Å²) in [5.74, 6) is 6.83. The van der Waals surface area contributed by atoms with Crippen molar-refractivity contribution in [3.8, 4) is 5.75 Å². The van der Waals surface area contributed by atoms with Crippen LogP contribution in [-0.4, -0.2) is 16.7 Å². The molecule has 0 aliphatic carbocycles. The number of aromatic nitrogens is 2. The highest BCUT2D eigenvalue weighted by Gasteiger charge is 2.22. The Kier molecular flexibility index (Phi) is 5.52. The van der Waals surface area contributed by atoms with Gasteiger partial charge in [-0.1, -0.05) is 29.9 Å². The minimum Gasteiger partial charge on any atom is -0.496 e. The summed E-state index contributed by atoms with van der Waals surface area (Å²) in [6, 6.07) is 5.49. The third-order valence-corrected chi connectivity index (χ3v) is 4.36. The van der Waals surface area contributed by atoms with Gasteiger partial charge in [0.15, 0.2) is 0 Å². The number of rotatable bonds is 6. The Labute approximate surface area is 133 Å². The van der Waals surface area contributed by atoms with Crippen molar-refractivity contribution in [1.29, 1.82) is 0 Å². The molecule has 0 saturated carbocycles. The van der Waals surface area contributed by atoms with Crippen LogP contribution in [0.4, 0.5) is 0 Å². The van der Waals surface area contributed by atoms with Gasteiger partial charge in [0.1, 0.15) is 5.75 Å². The lowest BCUT2D eigenvalue weighted by Crippen LogP contribution is -2.30. The molecular formula is C14H19ClN4OS. The molecule has 0 radical (unpaired) electrons. The molecule has 2 rings (SSSR count). The maximum absolute atomic E-state index is 6.08. The minimum atomic E-state index is -0.0743. The Bertz CT molecular complexity index is 602. The zero-order valence-corrected chi connectivity index (χ0v) is 13.8. The van der Waals surface area contributed by atoms with E-state index in [-0.39, 0.29) is 6.04 Å². The standard InChI is InChI=1S/C14H19ClN4OS/c1-8(2)13-14(21-19-18-13)11(17-16)7-9-6-10(15)4-5-12(9)20-3/h4-6,8,11,17H,7,16H2,1-3H3. The van der Waals surface area contributed by atoms with Crippen molar-refractivity contribution in [2.45, 2.75) is 32.2 Å². The molecule has 1 atom stereocenters. The van der Waals surface area contributed by atoms with Gasteiger partial charge in [0.25, 0.3) is 0 Å². The molecule has 0 aliphatic rings. The highest BCUT2D eigenvalue weighted by molar-refractivity contribution is 7.05. The summed E-state index contributed by atoms with van der Waals surface area (Å²) in [4.78, 5) is 1.05. The van der Waals surface area contributed by atoms with Gasteiger partial charge in [-0.05, 0) is 47.6 Å². The van der Waals surface area contributed by atoms with Gasteiger partial charge in [-0.2, -0.15) is 0 Å².